The summed E-state index contributed by atoms with van der Waals surface area (Å²) in [4.78, 5) is 6.86. The van der Waals surface area contributed by atoms with Crippen LogP contribution in [0.1, 0.15) is 12.0 Å². The molecule has 29 heavy (non-hydrogen) atoms. The summed E-state index contributed by atoms with van der Waals surface area (Å²) in [5.41, 5.74) is 9.29. The number of anilines is 2. The van der Waals surface area contributed by atoms with E-state index in [-0.39, 0.29) is 24.0 Å². The van der Waals surface area contributed by atoms with E-state index in [4.69, 9.17) is 19.9 Å². The normalized spacial score (nSPS) is 16.6. The number of nitrogens with one attached hydrogen (secondary N) is 1. The Morgan fingerprint density at radius 2 is 1.76 bits per heavy atom. The van der Waals surface area contributed by atoms with Gasteiger partial charge in [-0.05, 0) is 23.8 Å². The molecule has 2 aromatic rings. The van der Waals surface area contributed by atoms with Crippen LogP contribution in [0, 0.1) is 0 Å². The molecule has 2 aromatic carbocycles. The molecule has 0 radical (unpaired) electrons. The van der Waals surface area contributed by atoms with Gasteiger partial charge in [0.2, 0.25) is 0 Å². The highest BCUT2D eigenvalue weighted by atomic mass is 127. The number of halogens is 1. The van der Waals surface area contributed by atoms with Crippen LogP contribution in [0.5, 0.6) is 11.5 Å². The minimum atomic E-state index is 0. The van der Waals surface area contributed by atoms with E-state index in [0.717, 1.165) is 55.5 Å². The van der Waals surface area contributed by atoms with Gasteiger partial charge >= 0.3 is 0 Å². The fourth-order valence-corrected chi connectivity index (χ4v) is 3.36. The minimum absolute atomic E-state index is 0. The molecule has 0 bridgehead atoms. The van der Waals surface area contributed by atoms with E-state index in [1.165, 1.54) is 5.69 Å². The number of hydrogen-bond donors (Lipinski definition) is 2. The van der Waals surface area contributed by atoms with Crippen molar-refractivity contribution in [1.29, 1.82) is 0 Å². The molecule has 2 heterocycles. The Hall–Kier alpha value is -2.20. The smallest absolute Gasteiger partial charge is 0.193 e. The van der Waals surface area contributed by atoms with Crippen molar-refractivity contribution in [1.82, 2.24) is 0 Å². The molecule has 1 saturated heterocycles. The van der Waals surface area contributed by atoms with Gasteiger partial charge in [-0.3, -0.25) is 0 Å². The maximum Gasteiger partial charge on any atom is 0.193 e. The highest BCUT2D eigenvalue weighted by Gasteiger charge is 2.14. The van der Waals surface area contributed by atoms with Crippen molar-refractivity contribution < 1.29 is 14.2 Å². The second-order valence-electron chi connectivity index (χ2n) is 6.77. The Labute approximate surface area is 188 Å². The van der Waals surface area contributed by atoms with Gasteiger partial charge in [0.15, 0.2) is 17.5 Å². The molecule has 0 atom stereocenters. The molecule has 0 unspecified atom stereocenters. The van der Waals surface area contributed by atoms with Crippen LogP contribution in [-0.4, -0.2) is 45.5 Å². The van der Waals surface area contributed by atoms with Crippen molar-refractivity contribution >= 4 is 41.3 Å². The molecule has 156 valence electrons. The molecular formula is C21H27IN4O3. The lowest BCUT2D eigenvalue weighted by Crippen LogP contribution is -2.36. The summed E-state index contributed by atoms with van der Waals surface area (Å²) in [7, 11) is 0. The van der Waals surface area contributed by atoms with Crippen LogP contribution >= 0.6 is 24.0 Å². The number of benzene rings is 2. The van der Waals surface area contributed by atoms with E-state index < -0.39 is 0 Å². The monoisotopic (exact) mass is 510 g/mol. The first-order valence-corrected chi connectivity index (χ1v) is 9.67. The average molecular weight is 510 g/mol. The third-order valence-corrected chi connectivity index (χ3v) is 4.78. The van der Waals surface area contributed by atoms with Crippen LogP contribution in [-0.2, 0) is 11.3 Å². The van der Waals surface area contributed by atoms with Crippen molar-refractivity contribution in [2.45, 2.75) is 13.0 Å². The predicted octanol–water partition coefficient (Wildman–Crippen LogP) is 3.23. The Morgan fingerprint density at radius 1 is 1.00 bits per heavy atom. The largest absolute Gasteiger partial charge is 0.490 e. The Morgan fingerprint density at radius 3 is 2.59 bits per heavy atom. The van der Waals surface area contributed by atoms with Crippen LogP contribution in [0.25, 0.3) is 0 Å². The Bertz CT molecular complexity index is 840. The third kappa shape index (κ3) is 5.66. The number of aliphatic imine (C=N–C) groups is 1. The molecule has 0 saturated carbocycles. The molecule has 4 rings (SSSR count). The van der Waals surface area contributed by atoms with Crippen molar-refractivity contribution in [3.05, 3.63) is 48.0 Å². The Kier molecular flexibility index (Phi) is 7.82. The van der Waals surface area contributed by atoms with Crippen molar-refractivity contribution in [2.24, 2.45) is 10.7 Å². The first kappa shape index (κ1) is 21.5. The van der Waals surface area contributed by atoms with Gasteiger partial charge in [0.25, 0.3) is 0 Å². The molecule has 3 N–H and O–H groups in total. The zero-order valence-electron chi connectivity index (χ0n) is 16.3. The molecule has 0 spiro atoms. The molecule has 0 amide bonds. The minimum Gasteiger partial charge on any atom is -0.490 e. The third-order valence-electron chi connectivity index (χ3n) is 4.78. The van der Waals surface area contributed by atoms with Gasteiger partial charge in [-0.2, -0.15) is 0 Å². The molecule has 2 aliphatic heterocycles. The standard InChI is InChI=1S/C21H26N4O3.HI/c22-21(24-17-6-7-19-20(14-17)28-11-3-10-27-19)23-15-16-4-1-2-5-18(16)25-8-12-26-13-9-25;/h1-2,4-7,14H,3,8-13,15H2,(H3,22,23,24);1H. The maximum atomic E-state index is 6.12. The fraction of sp³-hybridized carbons (Fsp3) is 0.381. The van der Waals surface area contributed by atoms with Gasteiger partial charge < -0.3 is 30.2 Å². The van der Waals surface area contributed by atoms with Crippen molar-refractivity contribution in [2.75, 3.05) is 49.7 Å². The molecule has 8 heteroatoms. The first-order valence-electron chi connectivity index (χ1n) is 9.67. The van der Waals surface area contributed by atoms with E-state index in [1.807, 2.05) is 24.3 Å². The summed E-state index contributed by atoms with van der Waals surface area (Å²) in [6, 6.07) is 14.0. The molecule has 2 aliphatic rings. The molecule has 1 fully saturated rings. The molecule has 7 nitrogen and oxygen atoms in total. The second kappa shape index (κ2) is 10.5. The fourth-order valence-electron chi connectivity index (χ4n) is 3.36. The summed E-state index contributed by atoms with van der Waals surface area (Å²) in [5, 5.41) is 3.14. The van der Waals surface area contributed by atoms with Crippen LogP contribution in [0.3, 0.4) is 0 Å². The number of guanidine groups is 1. The zero-order valence-corrected chi connectivity index (χ0v) is 18.6. The Balaban J connectivity index is 0.00000240. The lowest BCUT2D eigenvalue weighted by atomic mass is 10.1. The van der Waals surface area contributed by atoms with Gasteiger partial charge in [-0.1, -0.05) is 18.2 Å². The number of nitrogens with zero attached hydrogens (tertiary/aromatic N) is 2. The average Bonchev–Trinajstić information content (AvgIpc) is 2.98. The zero-order chi connectivity index (χ0) is 19.2. The van der Waals surface area contributed by atoms with E-state index in [9.17, 15) is 0 Å². The summed E-state index contributed by atoms with van der Waals surface area (Å²) >= 11 is 0. The summed E-state index contributed by atoms with van der Waals surface area (Å²) in [6.45, 7) is 5.13. The highest BCUT2D eigenvalue weighted by molar-refractivity contribution is 14.0. The van der Waals surface area contributed by atoms with Crippen LogP contribution in [0.2, 0.25) is 0 Å². The van der Waals surface area contributed by atoms with Crippen LogP contribution in [0.4, 0.5) is 11.4 Å². The lowest BCUT2D eigenvalue weighted by Gasteiger charge is -2.30. The van der Waals surface area contributed by atoms with Gasteiger partial charge in [-0.15, -0.1) is 24.0 Å². The van der Waals surface area contributed by atoms with E-state index in [1.54, 1.807) is 0 Å². The predicted molar refractivity (Wildman–Crippen MR) is 126 cm³/mol. The van der Waals surface area contributed by atoms with E-state index in [0.29, 0.717) is 25.7 Å². The number of para-hydroxylation sites is 1. The topological polar surface area (TPSA) is 81.3 Å². The number of fused-ring (bicyclic) bond motifs is 1. The molecule has 0 aliphatic carbocycles. The van der Waals surface area contributed by atoms with Gasteiger partial charge in [-0.25, -0.2) is 4.99 Å². The number of ether oxygens (including phenoxy) is 3. The molecule has 0 aromatic heterocycles. The summed E-state index contributed by atoms with van der Waals surface area (Å²) in [6.07, 6.45) is 0.879. The SMILES string of the molecule is I.NC(=NCc1ccccc1N1CCOCC1)Nc1ccc2c(c1)OCCCO2. The number of morpholine rings is 1. The molecular weight excluding hydrogens is 483 g/mol. The lowest BCUT2D eigenvalue weighted by molar-refractivity contribution is 0.122. The van der Waals surface area contributed by atoms with Gasteiger partial charge in [0.1, 0.15) is 0 Å². The first-order chi connectivity index (χ1) is 13.8. The number of nitrogens with two attached hydrogens (primary N) is 1. The highest BCUT2D eigenvalue weighted by Crippen LogP contribution is 2.32. The van der Waals surface area contributed by atoms with Crippen molar-refractivity contribution in [3.8, 4) is 11.5 Å². The van der Waals surface area contributed by atoms with E-state index >= 15 is 0 Å². The maximum absolute atomic E-state index is 6.12. The quantitative estimate of drug-likeness (QED) is 0.374. The number of hydrogen-bond acceptors (Lipinski definition) is 5. The van der Waals surface area contributed by atoms with E-state index in [2.05, 4.69) is 33.4 Å². The van der Waals surface area contributed by atoms with Crippen molar-refractivity contribution in [3.63, 3.8) is 0 Å². The summed E-state index contributed by atoms with van der Waals surface area (Å²) < 4.78 is 16.8. The second-order valence-corrected chi connectivity index (χ2v) is 6.77. The van der Waals surface area contributed by atoms with Gasteiger partial charge in [0, 0.05) is 37.0 Å². The summed E-state index contributed by atoms with van der Waals surface area (Å²) in [5.74, 6) is 1.86. The van der Waals surface area contributed by atoms with Crippen LogP contribution < -0.4 is 25.4 Å². The number of rotatable bonds is 4. The van der Waals surface area contributed by atoms with Gasteiger partial charge in [0.05, 0.1) is 33.0 Å². The van der Waals surface area contributed by atoms with Crippen LogP contribution in [0.15, 0.2) is 47.5 Å².